The lowest BCUT2D eigenvalue weighted by atomic mass is 10.0. The molecule has 0 radical (unpaired) electrons. The summed E-state index contributed by atoms with van der Waals surface area (Å²) in [6.07, 6.45) is 0.243. The van der Waals surface area contributed by atoms with Crippen LogP contribution in [0.2, 0.25) is 0 Å². The highest BCUT2D eigenvalue weighted by Gasteiger charge is 2.28. The van der Waals surface area contributed by atoms with Gasteiger partial charge in [0, 0.05) is 18.0 Å². The first-order valence-electron chi connectivity index (χ1n) is 9.88. The Morgan fingerprint density at radius 1 is 1.10 bits per heavy atom. The van der Waals surface area contributed by atoms with E-state index in [1.165, 1.54) is 0 Å². The molecule has 2 aromatic rings. The van der Waals surface area contributed by atoms with Crippen molar-refractivity contribution in [2.75, 3.05) is 6.54 Å². The van der Waals surface area contributed by atoms with Crippen LogP contribution in [0.1, 0.15) is 38.2 Å². The van der Waals surface area contributed by atoms with E-state index in [2.05, 4.69) is 27.3 Å². The van der Waals surface area contributed by atoms with E-state index in [-0.39, 0.29) is 42.0 Å². The van der Waals surface area contributed by atoms with E-state index < -0.39 is 12.1 Å². The highest BCUT2D eigenvalue weighted by Crippen LogP contribution is 2.18. The molecule has 0 aliphatic rings. The molecule has 3 N–H and O–H groups in total. The van der Waals surface area contributed by atoms with E-state index in [4.69, 9.17) is 4.42 Å². The Kier molecular flexibility index (Phi) is 8.03. The third-order valence-electron chi connectivity index (χ3n) is 4.68. The monoisotopic (exact) mass is 415 g/mol. The van der Waals surface area contributed by atoms with Crippen LogP contribution in [0.25, 0.3) is 11.0 Å². The first-order chi connectivity index (χ1) is 14.2. The first-order valence-corrected chi connectivity index (χ1v) is 9.88. The molecule has 0 aliphatic carbocycles. The number of benzene rings is 1. The molecule has 0 saturated heterocycles. The Hall–Kier alpha value is -3.29. The molecule has 2 atom stereocenters. The lowest BCUT2D eigenvalue weighted by Crippen LogP contribution is -2.55. The Morgan fingerprint density at radius 3 is 2.40 bits per heavy atom. The fourth-order valence-corrected chi connectivity index (χ4v) is 2.88. The minimum absolute atomic E-state index is 0.0397. The fraction of sp³-hybridized carbons (Fsp3) is 0.409. The molecule has 162 valence electrons. The van der Waals surface area contributed by atoms with Crippen LogP contribution in [0.4, 0.5) is 4.79 Å². The SMILES string of the molecule is C=COC(=O)N[C@H](C(=O)N[C@H](CNC(=O)c1cc2ccccc2o1)C(C)C)C(C)C. The number of hydrogen-bond acceptors (Lipinski definition) is 5. The van der Waals surface area contributed by atoms with Crippen molar-refractivity contribution in [1.29, 1.82) is 0 Å². The summed E-state index contributed by atoms with van der Waals surface area (Å²) in [7, 11) is 0. The highest BCUT2D eigenvalue weighted by atomic mass is 16.5. The second-order valence-corrected chi connectivity index (χ2v) is 7.66. The van der Waals surface area contributed by atoms with Crippen LogP contribution in [-0.4, -0.2) is 36.5 Å². The Labute approximate surface area is 176 Å². The van der Waals surface area contributed by atoms with E-state index in [1.807, 2.05) is 45.9 Å². The van der Waals surface area contributed by atoms with Gasteiger partial charge in [-0.2, -0.15) is 0 Å². The standard InChI is InChI=1S/C22H29N3O5/c1-6-29-22(28)25-19(14(4)5)21(27)24-16(13(2)3)12-23-20(26)18-11-15-9-7-8-10-17(15)30-18/h6-11,13-14,16,19H,1,12H2,2-5H3,(H,23,26)(H,24,27)(H,25,28)/t16-,19+/m1/s1. The van der Waals surface area contributed by atoms with Gasteiger partial charge in [-0.1, -0.05) is 52.5 Å². The van der Waals surface area contributed by atoms with Crippen LogP contribution in [0.15, 0.2) is 47.6 Å². The van der Waals surface area contributed by atoms with E-state index >= 15 is 0 Å². The molecular weight excluding hydrogens is 386 g/mol. The summed E-state index contributed by atoms with van der Waals surface area (Å²) in [5, 5.41) is 9.06. The van der Waals surface area contributed by atoms with Crippen molar-refractivity contribution in [1.82, 2.24) is 16.0 Å². The van der Waals surface area contributed by atoms with Crippen LogP contribution < -0.4 is 16.0 Å². The topological polar surface area (TPSA) is 110 Å². The van der Waals surface area contributed by atoms with Gasteiger partial charge in [-0.3, -0.25) is 9.59 Å². The molecular formula is C22H29N3O5. The third-order valence-corrected chi connectivity index (χ3v) is 4.68. The molecule has 3 amide bonds. The molecule has 0 bridgehead atoms. The Morgan fingerprint density at radius 2 is 1.80 bits per heavy atom. The summed E-state index contributed by atoms with van der Waals surface area (Å²) in [5.74, 6) is -0.640. The molecule has 0 spiro atoms. The second kappa shape index (κ2) is 10.5. The zero-order valence-corrected chi connectivity index (χ0v) is 17.7. The average Bonchev–Trinajstić information content (AvgIpc) is 3.13. The number of nitrogens with one attached hydrogen (secondary N) is 3. The van der Waals surface area contributed by atoms with Crippen LogP contribution >= 0.6 is 0 Å². The average molecular weight is 415 g/mol. The van der Waals surface area contributed by atoms with Crippen molar-refractivity contribution in [2.24, 2.45) is 11.8 Å². The summed E-state index contributed by atoms with van der Waals surface area (Å²) in [4.78, 5) is 36.9. The van der Waals surface area contributed by atoms with Crippen LogP contribution in [-0.2, 0) is 9.53 Å². The maximum Gasteiger partial charge on any atom is 0.412 e. The number of hydrogen-bond donors (Lipinski definition) is 3. The van der Waals surface area contributed by atoms with Gasteiger partial charge in [0.05, 0.1) is 6.26 Å². The maximum absolute atomic E-state index is 12.7. The Bertz CT molecular complexity index is 870. The van der Waals surface area contributed by atoms with E-state index in [0.717, 1.165) is 11.6 Å². The summed E-state index contributed by atoms with van der Waals surface area (Å²) < 4.78 is 10.2. The fourth-order valence-electron chi connectivity index (χ4n) is 2.88. The lowest BCUT2D eigenvalue weighted by Gasteiger charge is -2.27. The van der Waals surface area contributed by atoms with E-state index in [0.29, 0.717) is 5.58 Å². The number of para-hydroxylation sites is 1. The molecule has 8 nitrogen and oxygen atoms in total. The number of fused-ring (bicyclic) bond motifs is 1. The quantitative estimate of drug-likeness (QED) is 0.545. The first kappa shape index (κ1) is 23.0. The van der Waals surface area contributed by atoms with Gasteiger partial charge in [0.25, 0.3) is 5.91 Å². The minimum atomic E-state index is -0.787. The van der Waals surface area contributed by atoms with Crippen LogP contribution in [0, 0.1) is 11.8 Å². The van der Waals surface area contributed by atoms with Gasteiger partial charge in [0.2, 0.25) is 5.91 Å². The molecule has 30 heavy (non-hydrogen) atoms. The molecule has 0 fully saturated rings. The molecule has 1 heterocycles. The van der Waals surface area contributed by atoms with E-state index in [9.17, 15) is 14.4 Å². The van der Waals surface area contributed by atoms with Crippen molar-refractivity contribution in [3.05, 3.63) is 48.9 Å². The summed E-state index contributed by atoms with van der Waals surface area (Å²) in [5.41, 5.74) is 0.633. The van der Waals surface area contributed by atoms with Gasteiger partial charge in [-0.05, 0) is 24.0 Å². The van der Waals surface area contributed by atoms with Crippen molar-refractivity contribution < 1.29 is 23.5 Å². The highest BCUT2D eigenvalue weighted by molar-refractivity contribution is 5.96. The van der Waals surface area contributed by atoms with Crippen molar-refractivity contribution in [3.8, 4) is 0 Å². The Balaban J connectivity index is 2.00. The summed E-state index contributed by atoms with van der Waals surface area (Å²) in [6.45, 7) is 11.0. The number of ether oxygens (including phenoxy) is 1. The van der Waals surface area contributed by atoms with Crippen molar-refractivity contribution >= 4 is 28.9 Å². The van der Waals surface area contributed by atoms with Crippen molar-refractivity contribution in [3.63, 3.8) is 0 Å². The van der Waals surface area contributed by atoms with Gasteiger partial charge in [-0.15, -0.1) is 0 Å². The van der Waals surface area contributed by atoms with E-state index in [1.54, 1.807) is 12.1 Å². The van der Waals surface area contributed by atoms with Crippen molar-refractivity contribution in [2.45, 2.75) is 39.8 Å². The number of carbonyl (C=O) groups excluding carboxylic acids is 3. The zero-order chi connectivity index (χ0) is 22.3. The largest absolute Gasteiger partial charge is 0.451 e. The minimum Gasteiger partial charge on any atom is -0.451 e. The van der Waals surface area contributed by atoms with Gasteiger partial charge >= 0.3 is 6.09 Å². The van der Waals surface area contributed by atoms with Crippen LogP contribution in [0.5, 0.6) is 0 Å². The number of rotatable bonds is 9. The maximum atomic E-state index is 12.7. The molecule has 1 aromatic carbocycles. The molecule has 2 rings (SSSR count). The smallest absolute Gasteiger partial charge is 0.412 e. The molecule has 8 heteroatoms. The molecule has 0 unspecified atom stereocenters. The predicted molar refractivity (Wildman–Crippen MR) is 114 cm³/mol. The van der Waals surface area contributed by atoms with Gasteiger partial charge in [0.15, 0.2) is 5.76 Å². The summed E-state index contributed by atoms with van der Waals surface area (Å²) in [6, 6.07) is 7.91. The van der Waals surface area contributed by atoms with Gasteiger partial charge < -0.3 is 25.1 Å². The molecule has 1 aromatic heterocycles. The van der Waals surface area contributed by atoms with Gasteiger partial charge in [-0.25, -0.2) is 4.79 Å². The third kappa shape index (κ3) is 6.10. The number of alkyl carbamates (subject to hydrolysis) is 1. The number of carbonyl (C=O) groups is 3. The normalized spacial score (nSPS) is 13.0. The van der Waals surface area contributed by atoms with Gasteiger partial charge in [0.1, 0.15) is 11.6 Å². The predicted octanol–water partition coefficient (Wildman–Crippen LogP) is 3.20. The zero-order valence-electron chi connectivity index (χ0n) is 17.7. The molecule has 0 aliphatic heterocycles. The summed E-state index contributed by atoms with van der Waals surface area (Å²) >= 11 is 0. The lowest BCUT2D eigenvalue weighted by molar-refractivity contribution is -0.125. The number of furan rings is 1. The molecule has 0 saturated carbocycles. The number of amides is 3. The second-order valence-electron chi connectivity index (χ2n) is 7.66. The van der Waals surface area contributed by atoms with Crippen LogP contribution in [0.3, 0.4) is 0 Å².